The standard InChI is InChI=1S/C11H8F3NO2S/c1-2-17-10(16)7-3-8(11(12,13)14)5-9(4-7)15-6-18/h3-5H,2H2,1H3. The molecule has 0 aliphatic carbocycles. The molecule has 0 aromatic heterocycles. The second-order valence-corrected chi connectivity index (χ2v) is 3.37. The summed E-state index contributed by atoms with van der Waals surface area (Å²) in [5.74, 6) is -0.843. The van der Waals surface area contributed by atoms with Gasteiger partial charge >= 0.3 is 12.1 Å². The fourth-order valence-electron chi connectivity index (χ4n) is 1.22. The quantitative estimate of drug-likeness (QED) is 0.480. The monoisotopic (exact) mass is 275 g/mol. The first kappa shape index (κ1) is 14.3. The molecule has 0 amide bonds. The summed E-state index contributed by atoms with van der Waals surface area (Å²) in [7, 11) is 0. The van der Waals surface area contributed by atoms with Gasteiger partial charge in [0.1, 0.15) is 0 Å². The third-order valence-corrected chi connectivity index (χ3v) is 2.02. The first-order valence-corrected chi connectivity index (χ1v) is 5.26. The molecular weight excluding hydrogens is 267 g/mol. The van der Waals surface area contributed by atoms with E-state index in [1.165, 1.54) is 0 Å². The van der Waals surface area contributed by atoms with Gasteiger partial charge in [-0.15, -0.1) is 0 Å². The van der Waals surface area contributed by atoms with Gasteiger partial charge in [-0.3, -0.25) is 0 Å². The number of benzene rings is 1. The Morgan fingerprint density at radius 1 is 1.44 bits per heavy atom. The van der Waals surface area contributed by atoms with Gasteiger partial charge in [0.2, 0.25) is 0 Å². The van der Waals surface area contributed by atoms with E-state index in [1.54, 1.807) is 6.92 Å². The summed E-state index contributed by atoms with van der Waals surface area (Å²) in [6.45, 7) is 1.63. The largest absolute Gasteiger partial charge is 0.462 e. The highest BCUT2D eigenvalue weighted by Crippen LogP contribution is 2.32. The van der Waals surface area contributed by atoms with Crippen molar-refractivity contribution in [2.24, 2.45) is 4.99 Å². The van der Waals surface area contributed by atoms with Crippen molar-refractivity contribution in [2.75, 3.05) is 6.61 Å². The Bertz CT molecular complexity index is 508. The number of esters is 1. The minimum Gasteiger partial charge on any atom is -0.462 e. The second kappa shape index (κ2) is 5.75. The van der Waals surface area contributed by atoms with Crippen LogP contribution in [0.25, 0.3) is 0 Å². The first-order chi connectivity index (χ1) is 8.38. The van der Waals surface area contributed by atoms with Gasteiger partial charge in [-0.05, 0) is 37.3 Å². The Kier molecular flexibility index (Phi) is 4.58. The lowest BCUT2D eigenvalue weighted by Crippen LogP contribution is -2.09. The molecule has 0 atom stereocenters. The molecule has 0 N–H and O–H groups in total. The number of thiocarbonyl (C=S) groups is 1. The van der Waals surface area contributed by atoms with E-state index < -0.39 is 17.7 Å². The molecule has 0 bridgehead atoms. The molecule has 18 heavy (non-hydrogen) atoms. The van der Waals surface area contributed by atoms with Gasteiger partial charge in [0.15, 0.2) is 0 Å². The van der Waals surface area contributed by atoms with E-state index in [0.717, 1.165) is 12.1 Å². The number of rotatable bonds is 3. The number of carbonyl (C=O) groups excluding carboxylic acids is 1. The maximum atomic E-state index is 12.6. The van der Waals surface area contributed by atoms with Crippen molar-refractivity contribution in [2.45, 2.75) is 13.1 Å². The van der Waals surface area contributed by atoms with Crippen LogP contribution in [0.15, 0.2) is 23.2 Å². The molecule has 96 valence electrons. The fourth-order valence-corrected chi connectivity index (χ4v) is 1.33. The lowest BCUT2D eigenvalue weighted by molar-refractivity contribution is -0.137. The fraction of sp³-hybridized carbons (Fsp3) is 0.273. The van der Waals surface area contributed by atoms with Gasteiger partial charge < -0.3 is 4.74 Å². The maximum Gasteiger partial charge on any atom is 0.416 e. The van der Waals surface area contributed by atoms with Gasteiger partial charge in [0, 0.05) is 0 Å². The molecule has 0 saturated carbocycles. The third-order valence-electron chi connectivity index (χ3n) is 1.93. The lowest BCUT2D eigenvalue weighted by atomic mass is 10.1. The van der Waals surface area contributed by atoms with E-state index in [4.69, 9.17) is 0 Å². The number of carbonyl (C=O) groups is 1. The van der Waals surface area contributed by atoms with Gasteiger partial charge in [0.05, 0.1) is 28.6 Å². The number of aliphatic imine (C=N–C) groups is 1. The minimum absolute atomic E-state index is 0.0703. The topological polar surface area (TPSA) is 38.7 Å². The molecule has 3 nitrogen and oxygen atoms in total. The van der Waals surface area contributed by atoms with Crippen molar-refractivity contribution in [3.63, 3.8) is 0 Å². The molecule has 7 heteroatoms. The summed E-state index contributed by atoms with van der Waals surface area (Å²) in [6, 6.07) is 2.65. The molecule has 0 saturated heterocycles. The number of halogens is 3. The van der Waals surface area contributed by atoms with E-state index in [2.05, 4.69) is 21.9 Å². The van der Waals surface area contributed by atoms with Gasteiger partial charge in [0.25, 0.3) is 0 Å². The third kappa shape index (κ3) is 3.65. The van der Waals surface area contributed by atoms with E-state index in [1.807, 2.05) is 5.16 Å². The van der Waals surface area contributed by atoms with Crippen molar-refractivity contribution in [3.8, 4) is 0 Å². The van der Waals surface area contributed by atoms with Gasteiger partial charge in [-0.25, -0.2) is 4.79 Å². The van der Waals surface area contributed by atoms with Crippen LogP contribution >= 0.6 is 12.2 Å². The number of hydrogen-bond acceptors (Lipinski definition) is 4. The van der Waals surface area contributed by atoms with Crippen LogP contribution in [0, 0.1) is 0 Å². The normalized spacial score (nSPS) is 10.7. The van der Waals surface area contributed by atoms with Crippen LogP contribution in [0.1, 0.15) is 22.8 Å². The number of isothiocyanates is 1. The first-order valence-electron chi connectivity index (χ1n) is 4.85. The molecule has 0 radical (unpaired) electrons. The average Bonchev–Trinajstić information content (AvgIpc) is 2.28. The summed E-state index contributed by atoms with van der Waals surface area (Å²) >= 11 is 4.32. The molecule has 1 aromatic rings. The van der Waals surface area contributed by atoms with E-state index in [0.29, 0.717) is 6.07 Å². The van der Waals surface area contributed by atoms with Crippen LogP contribution in [0.5, 0.6) is 0 Å². The van der Waals surface area contributed by atoms with E-state index in [9.17, 15) is 18.0 Å². The summed E-state index contributed by atoms with van der Waals surface area (Å²) in [6.07, 6.45) is -4.58. The van der Waals surface area contributed by atoms with Crippen LogP contribution < -0.4 is 0 Å². The average molecular weight is 275 g/mol. The zero-order chi connectivity index (χ0) is 13.8. The highest BCUT2D eigenvalue weighted by molar-refractivity contribution is 7.78. The number of nitrogens with zero attached hydrogens (tertiary/aromatic N) is 1. The molecule has 0 unspecified atom stereocenters. The highest BCUT2D eigenvalue weighted by Gasteiger charge is 2.32. The molecule has 0 spiro atoms. The summed E-state index contributed by atoms with van der Waals surface area (Å²) in [5, 5.41) is 1.95. The molecule has 0 heterocycles. The van der Waals surface area contributed by atoms with Gasteiger partial charge in [-0.2, -0.15) is 18.2 Å². The Balaban J connectivity index is 3.30. The molecular formula is C11H8F3NO2S. The van der Waals surface area contributed by atoms with Crippen LogP contribution in [0.2, 0.25) is 0 Å². The predicted molar refractivity (Wildman–Crippen MR) is 62.1 cm³/mol. The van der Waals surface area contributed by atoms with E-state index in [-0.39, 0.29) is 17.9 Å². The van der Waals surface area contributed by atoms with Crippen molar-refractivity contribution < 1.29 is 22.7 Å². The number of hydrogen-bond donors (Lipinski definition) is 0. The molecule has 1 aromatic carbocycles. The Hall–Kier alpha value is -1.72. The van der Waals surface area contributed by atoms with Crippen LogP contribution in [-0.4, -0.2) is 17.7 Å². The Morgan fingerprint density at radius 3 is 2.61 bits per heavy atom. The zero-order valence-electron chi connectivity index (χ0n) is 9.25. The van der Waals surface area contributed by atoms with Crippen molar-refractivity contribution >= 4 is 29.0 Å². The Labute approximate surface area is 106 Å². The second-order valence-electron chi connectivity index (χ2n) is 3.19. The molecule has 0 aliphatic rings. The lowest BCUT2D eigenvalue weighted by Gasteiger charge is -2.09. The molecule has 1 rings (SSSR count). The van der Waals surface area contributed by atoms with Crippen LogP contribution in [0.4, 0.5) is 18.9 Å². The molecule has 0 fully saturated rings. The van der Waals surface area contributed by atoms with E-state index >= 15 is 0 Å². The summed E-state index contributed by atoms with van der Waals surface area (Å²) < 4.78 is 42.4. The maximum absolute atomic E-state index is 12.6. The molecule has 0 aliphatic heterocycles. The minimum atomic E-state index is -4.58. The number of ether oxygens (including phenoxy) is 1. The SMILES string of the molecule is CCOC(=O)c1cc(N=C=S)cc(C(F)(F)F)c1. The summed E-state index contributed by atoms with van der Waals surface area (Å²) in [4.78, 5) is 14.8. The summed E-state index contributed by atoms with van der Waals surface area (Å²) in [5.41, 5.74) is -1.31. The zero-order valence-corrected chi connectivity index (χ0v) is 10.1. The smallest absolute Gasteiger partial charge is 0.416 e. The predicted octanol–water partition coefficient (Wildman–Crippen LogP) is 3.62. The number of alkyl halides is 3. The van der Waals surface area contributed by atoms with Crippen LogP contribution in [-0.2, 0) is 10.9 Å². The Morgan fingerprint density at radius 2 is 2.11 bits per heavy atom. The van der Waals surface area contributed by atoms with Gasteiger partial charge in [-0.1, -0.05) is 0 Å². The van der Waals surface area contributed by atoms with Crippen molar-refractivity contribution in [1.29, 1.82) is 0 Å². The van der Waals surface area contributed by atoms with Crippen molar-refractivity contribution in [1.82, 2.24) is 0 Å². The van der Waals surface area contributed by atoms with Crippen molar-refractivity contribution in [3.05, 3.63) is 29.3 Å². The highest BCUT2D eigenvalue weighted by atomic mass is 32.1. The van der Waals surface area contributed by atoms with Crippen LogP contribution in [0.3, 0.4) is 0 Å².